The lowest BCUT2D eigenvalue weighted by molar-refractivity contribution is -0.122. The number of fused-ring (bicyclic) bond motifs is 1. The number of carboxylic acid groups (broad SMARTS) is 1. The van der Waals surface area contributed by atoms with Crippen LogP contribution in [0.4, 0.5) is 0 Å². The molecule has 1 aromatic heterocycles. The van der Waals surface area contributed by atoms with E-state index >= 15 is 0 Å². The lowest BCUT2D eigenvalue weighted by Gasteiger charge is -2.43. The number of carbonyl (C=O) groups is 1. The number of H-pyrrole nitrogens is 1. The van der Waals surface area contributed by atoms with E-state index in [2.05, 4.69) is 33.3 Å². The Labute approximate surface area is 148 Å². The highest BCUT2D eigenvalue weighted by Crippen LogP contribution is 2.46. The van der Waals surface area contributed by atoms with E-state index in [-0.39, 0.29) is 6.47 Å². The Morgan fingerprint density at radius 3 is 2.96 bits per heavy atom. The van der Waals surface area contributed by atoms with Gasteiger partial charge in [-0.3, -0.25) is 14.8 Å². The van der Waals surface area contributed by atoms with Crippen molar-refractivity contribution in [2.24, 2.45) is 5.41 Å². The molecule has 2 fully saturated rings. The average molecular weight is 345 g/mol. The van der Waals surface area contributed by atoms with Gasteiger partial charge in [0.05, 0.1) is 17.3 Å². The molecule has 1 spiro atoms. The van der Waals surface area contributed by atoms with Crippen LogP contribution in [0.3, 0.4) is 0 Å². The first-order valence-corrected chi connectivity index (χ1v) is 8.97. The van der Waals surface area contributed by atoms with Crippen molar-refractivity contribution in [3.8, 4) is 0 Å². The summed E-state index contributed by atoms with van der Waals surface area (Å²) in [5.41, 5.74) is 2.71. The van der Waals surface area contributed by atoms with Gasteiger partial charge >= 0.3 is 0 Å². The fourth-order valence-corrected chi connectivity index (χ4v) is 4.69. The van der Waals surface area contributed by atoms with Crippen molar-refractivity contribution in [1.29, 1.82) is 0 Å². The molecule has 6 nitrogen and oxygen atoms in total. The van der Waals surface area contributed by atoms with Gasteiger partial charge in [0, 0.05) is 31.0 Å². The molecule has 2 N–H and O–H groups in total. The van der Waals surface area contributed by atoms with E-state index in [0.29, 0.717) is 11.5 Å². The van der Waals surface area contributed by atoms with Crippen molar-refractivity contribution in [1.82, 2.24) is 15.1 Å². The fraction of sp³-hybridized carbons (Fsp3) is 0.579. The van der Waals surface area contributed by atoms with Gasteiger partial charge in [0.15, 0.2) is 0 Å². The van der Waals surface area contributed by atoms with E-state index in [4.69, 9.17) is 14.6 Å². The third-order valence-electron chi connectivity index (χ3n) is 5.72. The van der Waals surface area contributed by atoms with Crippen LogP contribution in [0, 0.1) is 5.41 Å². The number of methoxy groups -OCH3 is 1. The number of nitrogens with one attached hydrogen (secondary N) is 1. The van der Waals surface area contributed by atoms with E-state index in [1.165, 1.54) is 56.3 Å². The molecule has 2 aliphatic rings. The molecule has 25 heavy (non-hydrogen) atoms. The molecule has 2 heterocycles. The molecule has 0 amide bonds. The Balaban J connectivity index is 0.000000569. The van der Waals surface area contributed by atoms with Crippen molar-refractivity contribution >= 4 is 17.4 Å². The monoisotopic (exact) mass is 345 g/mol. The predicted octanol–water partition coefficient (Wildman–Crippen LogP) is 3.04. The summed E-state index contributed by atoms with van der Waals surface area (Å²) in [4.78, 5) is 11.0. The fourth-order valence-electron chi connectivity index (χ4n) is 4.69. The number of benzene rings is 1. The van der Waals surface area contributed by atoms with Gasteiger partial charge in [-0.2, -0.15) is 5.10 Å². The van der Waals surface area contributed by atoms with Gasteiger partial charge < -0.3 is 9.84 Å². The molecule has 1 saturated carbocycles. The van der Waals surface area contributed by atoms with Crippen LogP contribution in [0.15, 0.2) is 24.3 Å². The number of aromatic nitrogens is 2. The highest BCUT2D eigenvalue weighted by Gasteiger charge is 2.45. The van der Waals surface area contributed by atoms with Crippen LogP contribution >= 0.6 is 0 Å². The highest BCUT2D eigenvalue weighted by molar-refractivity contribution is 5.81. The molecule has 0 bridgehead atoms. The molecule has 0 radical (unpaired) electrons. The van der Waals surface area contributed by atoms with Gasteiger partial charge in [-0.05, 0) is 38.3 Å². The standard InChI is InChI=1S/C18H25N3O.CH2O2/c1-22-17-8-4-9-18(17)10-5-11-21(13-18)12-16-14-6-2-3-7-15(14)19-20-16;2-1-3/h2-3,6-7,17H,4-5,8-13H2,1H3,(H,19,20);1H,(H,2,3)/t17-,18-;/m1./s1. The van der Waals surface area contributed by atoms with E-state index in [0.717, 1.165) is 12.1 Å². The first kappa shape index (κ1) is 17.9. The molecule has 2 atom stereocenters. The Kier molecular flexibility index (Phi) is 5.71. The minimum absolute atomic E-state index is 0.250. The van der Waals surface area contributed by atoms with Crippen molar-refractivity contribution in [3.63, 3.8) is 0 Å². The minimum atomic E-state index is -0.250. The maximum absolute atomic E-state index is 8.36. The molecule has 1 aliphatic carbocycles. The summed E-state index contributed by atoms with van der Waals surface area (Å²) in [6, 6.07) is 8.38. The second-order valence-electron chi connectivity index (χ2n) is 7.12. The van der Waals surface area contributed by atoms with Gasteiger partial charge in [0.25, 0.3) is 6.47 Å². The smallest absolute Gasteiger partial charge is 0.290 e. The van der Waals surface area contributed by atoms with Gasteiger partial charge in [-0.1, -0.05) is 24.6 Å². The molecule has 1 saturated heterocycles. The zero-order chi connectivity index (χ0) is 17.7. The number of hydrogen-bond acceptors (Lipinski definition) is 4. The SMILES string of the molecule is CO[C@@H]1CCC[C@]12CCCN(Cc1[nH]nc3ccccc13)C2.O=CO. The van der Waals surface area contributed by atoms with E-state index < -0.39 is 0 Å². The first-order valence-electron chi connectivity index (χ1n) is 8.97. The van der Waals surface area contributed by atoms with Crippen LogP contribution in [-0.2, 0) is 16.1 Å². The van der Waals surface area contributed by atoms with Crippen molar-refractivity contribution in [3.05, 3.63) is 30.0 Å². The van der Waals surface area contributed by atoms with Gasteiger partial charge in [0.2, 0.25) is 0 Å². The van der Waals surface area contributed by atoms with E-state index in [1.807, 2.05) is 13.2 Å². The van der Waals surface area contributed by atoms with Crippen LogP contribution in [0.5, 0.6) is 0 Å². The summed E-state index contributed by atoms with van der Waals surface area (Å²) in [6.07, 6.45) is 6.94. The maximum Gasteiger partial charge on any atom is 0.290 e. The molecule has 136 valence electrons. The summed E-state index contributed by atoms with van der Waals surface area (Å²) in [7, 11) is 1.89. The number of ether oxygens (including phenoxy) is 1. The number of piperidine rings is 1. The van der Waals surface area contributed by atoms with Crippen LogP contribution < -0.4 is 0 Å². The van der Waals surface area contributed by atoms with Crippen LogP contribution in [0.25, 0.3) is 10.9 Å². The van der Waals surface area contributed by atoms with Crippen LogP contribution in [-0.4, -0.2) is 53.0 Å². The van der Waals surface area contributed by atoms with Crippen LogP contribution in [0.1, 0.15) is 37.8 Å². The second-order valence-corrected chi connectivity index (χ2v) is 7.12. The lowest BCUT2D eigenvalue weighted by Crippen LogP contribution is -2.47. The van der Waals surface area contributed by atoms with Gasteiger partial charge in [0.1, 0.15) is 0 Å². The Morgan fingerprint density at radius 1 is 1.40 bits per heavy atom. The molecule has 1 aliphatic heterocycles. The molecule has 4 rings (SSSR count). The zero-order valence-corrected chi connectivity index (χ0v) is 14.8. The third kappa shape index (κ3) is 3.70. The van der Waals surface area contributed by atoms with Crippen LogP contribution in [0.2, 0.25) is 0 Å². The summed E-state index contributed by atoms with van der Waals surface area (Å²) in [5.74, 6) is 0. The van der Waals surface area contributed by atoms with Crippen molar-refractivity contribution in [2.75, 3.05) is 20.2 Å². The predicted molar refractivity (Wildman–Crippen MR) is 96.4 cm³/mol. The molecule has 1 aromatic carbocycles. The molecule has 2 aromatic rings. The molecular formula is C19H27N3O3. The molecular weight excluding hydrogens is 318 g/mol. The summed E-state index contributed by atoms with van der Waals surface area (Å²) < 4.78 is 5.81. The minimum Gasteiger partial charge on any atom is -0.483 e. The summed E-state index contributed by atoms with van der Waals surface area (Å²) in [5, 5.41) is 15.8. The Morgan fingerprint density at radius 2 is 2.16 bits per heavy atom. The summed E-state index contributed by atoms with van der Waals surface area (Å²) >= 11 is 0. The van der Waals surface area contributed by atoms with E-state index in [9.17, 15) is 0 Å². The zero-order valence-electron chi connectivity index (χ0n) is 14.8. The largest absolute Gasteiger partial charge is 0.483 e. The first-order chi connectivity index (χ1) is 12.2. The maximum atomic E-state index is 8.36. The lowest BCUT2D eigenvalue weighted by atomic mass is 9.76. The third-order valence-corrected chi connectivity index (χ3v) is 5.72. The highest BCUT2D eigenvalue weighted by atomic mass is 16.5. The number of rotatable bonds is 3. The summed E-state index contributed by atoms with van der Waals surface area (Å²) in [6.45, 7) is 3.07. The van der Waals surface area contributed by atoms with Gasteiger partial charge in [-0.25, -0.2) is 0 Å². The number of para-hydroxylation sites is 1. The number of aromatic amines is 1. The second kappa shape index (κ2) is 7.97. The number of hydrogen-bond donors (Lipinski definition) is 2. The van der Waals surface area contributed by atoms with Crippen molar-refractivity contribution in [2.45, 2.75) is 44.8 Å². The Bertz CT molecular complexity index is 702. The number of nitrogens with zero attached hydrogens (tertiary/aromatic N) is 2. The normalized spacial score (nSPS) is 26.5. The Hall–Kier alpha value is -1.92. The van der Waals surface area contributed by atoms with Crippen molar-refractivity contribution < 1.29 is 14.6 Å². The number of likely N-dealkylation sites (tertiary alicyclic amines) is 1. The van der Waals surface area contributed by atoms with Gasteiger partial charge in [-0.15, -0.1) is 0 Å². The van der Waals surface area contributed by atoms with E-state index in [1.54, 1.807) is 0 Å². The average Bonchev–Trinajstić information content (AvgIpc) is 3.20. The topological polar surface area (TPSA) is 78.5 Å². The molecule has 0 unspecified atom stereocenters. The molecule has 6 heteroatoms. The quantitative estimate of drug-likeness (QED) is 0.836.